The number of anilines is 2. The molecule has 2 aromatic rings. The van der Waals surface area contributed by atoms with Crippen molar-refractivity contribution in [3.63, 3.8) is 0 Å². The summed E-state index contributed by atoms with van der Waals surface area (Å²) >= 11 is 0. The first-order chi connectivity index (χ1) is 11.1. The van der Waals surface area contributed by atoms with Crippen molar-refractivity contribution in [1.82, 2.24) is 0 Å². The van der Waals surface area contributed by atoms with Crippen molar-refractivity contribution in [3.05, 3.63) is 48.5 Å². The van der Waals surface area contributed by atoms with Gasteiger partial charge in [0.25, 0.3) is 0 Å². The van der Waals surface area contributed by atoms with Crippen LogP contribution in [0.3, 0.4) is 0 Å². The quantitative estimate of drug-likeness (QED) is 0.889. The van der Waals surface area contributed by atoms with Crippen LogP contribution in [0.25, 0.3) is 0 Å². The average Bonchev–Trinajstić information content (AvgIpc) is 2.69. The van der Waals surface area contributed by atoms with Gasteiger partial charge in [-0.25, -0.2) is 0 Å². The van der Waals surface area contributed by atoms with Gasteiger partial charge in [-0.2, -0.15) is 0 Å². The molecule has 0 aromatic heterocycles. The summed E-state index contributed by atoms with van der Waals surface area (Å²) in [4.78, 5) is 4.53. The molecule has 1 fully saturated rings. The number of phenolic OH excluding ortho intramolecular Hbond substituents is 2. The number of rotatable bonds is 2. The lowest BCUT2D eigenvalue weighted by atomic mass is 10.1. The summed E-state index contributed by atoms with van der Waals surface area (Å²) in [7, 11) is 0. The molecule has 1 heterocycles. The second-order valence-electron chi connectivity index (χ2n) is 6.20. The topological polar surface area (TPSA) is 46.9 Å². The van der Waals surface area contributed by atoms with Crippen LogP contribution in [0, 0.1) is 0 Å². The van der Waals surface area contributed by atoms with Crippen LogP contribution in [0.4, 0.5) is 11.4 Å². The fourth-order valence-electron chi connectivity index (χ4n) is 3.43. The van der Waals surface area contributed by atoms with Crippen LogP contribution < -0.4 is 9.80 Å². The third-order valence-electron chi connectivity index (χ3n) is 4.86. The summed E-state index contributed by atoms with van der Waals surface area (Å²) in [6, 6.07) is 15.4. The maximum Gasteiger partial charge on any atom is 0.138 e. The fraction of sp³-hybridized carbons (Fsp3) is 0.368. The summed E-state index contributed by atoms with van der Waals surface area (Å²) in [5, 5.41) is 20.4. The SMILES string of the molecule is C[C@H]1[C@H](C)N(c2ccccc2O)CCCN1c1ccccc1O. The molecule has 1 saturated heterocycles. The first kappa shape index (κ1) is 15.5. The minimum absolute atomic E-state index is 0.213. The molecule has 0 bridgehead atoms. The molecule has 0 amide bonds. The van der Waals surface area contributed by atoms with Gasteiger partial charge in [0.1, 0.15) is 11.5 Å². The van der Waals surface area contributed by atoms with E-state index in [0.717, 1.165) is 30.9 Å². The monoisotopic (exact) mass is 312 g/mol. The maximum atomic E-state index is 10.2. The lowest BCUT2D eigenvalue weighted by Crippen LogP contribution is -2.46. The molecule has 4 nitrogen and oxygen atoms in total. The van der Waals surface area contributed by atoms with E-state index in [9.17, 15) is 10.2 Å². The van der Waals surface area contributed by atoms with Gasteiger partial charge in [0.2, 0.25) is 0 Å². The Morgan fingerprint density at radius 1 is 0.739 bits per heavy atom. The molecule has 2 atom stereocenters. The predicted molar refractivity (Wildman–Crippen MR) is 94.4 cm³/mol. The van der Waals surface area contributed by atoms with Crippen molar-refractivity contribution in [2.45, 2.75) is 32.4 Å². The van der Waals surface area contributed by atoms with Gasteiger partial charge >= 0.3 is 0 Å². The van der Waals surface area contributed by atoms with Gasteiger partial charge in [0, 0.05) is 25.2 Å². The van der Waals surface area contributed by atoms with Gasteiger partial charge in [-0.3, -0.25) is 0 Å². The normalized spacial score (nSPS) is 22.0. The summed E-state index contributed by atoms with van der Waals surface area (Å²) in [6.07, 6.45) is 0.970. The zero-order chi connectivity index (χ0) is 16.4. The van der Waals surface area contributed by atoms with Gasteiger partial charge in [0.15, 0.2) is 0 Å². The Morgan fingerprint density at radius 2 is 1.13 bits per heavy atom. The van der Waals surface area contributed by atoms with Crippen LogP contribution in [0.2, 0.25) is 0 Å². The minimum atomic E-state index is 0.213. The number of hydrogen-bond donors (Lipinski definition) is 2. The summed E-state index contributed by atoms with van der Waals surface area (Å²) in [5.41, 5.74) is 1.76. The molecule has 4 heteroatoms. The summed E-state index contributed by atoms with van der Waals surface area (Å²) in [5.74, 6) is 0.644. The number of hydrogen-bond acceptors (Lipinski definition) is 4. The van der Waals surface area contributed by atoms with E-state index in [0.29, 0.717) is 11.5 Å². The number of phenols is 2. The molecule has 122 valence electrons. The fourth-order valence-corrected chi connectivity index (χ4v) is 3.43. The Bertz CT molecular complexity index is 616. The zero-order valence-electron chi connectivity index (χ0n) is 13.7. The van der Waals surface area contributed by atoms with E-state index >= 15 is 0 Å². The first-order valence-electron chi connectivity index (χ1n) is 8.19. The minimum Gasteiger partial charge on any atom is -0.506 e. The van der Waals surface area contributed by atoms with Crippen LogP contribution in [-0.4, -0.2) is 35.4 Å². The van der Waals surface area contributed by atoms with E-state index in [1.807, 2.05) is 36.4 Å². The van der Waals surface area contributed by atoms with Gasteiger partial charge in [0.05, 0.1) is 11.4 Å². The van der Waals surface area contributed by atoms with Crippen molar-refractivity contribution >= 4 is 11.4 Å². The summed E-state index contributed by atoms with van der Waals surface area (Å²) in [6.45, 7) is 6.12. The number of aromatic hydroxyl groups is 2. The van der Waals surface area contributed by atoms with Gasteiger partial charge < -0.3 is 20.0 Å². The number of benzene rings is 2. The van der Waals surface area contributed by atoms with Crippen molar-refractivity contribution in [1.29, 1.82) is 0 Å². The van der Waals surface area contributed by atoms with Crippen LogP contribution in [0.15, 0.2) is 48.5 Å². The van der Waals surface area contributed by atoms with Crippen LogP contribution in [0.5, 0.6) is 11.5 Å². The van der Waals surface area contributed by atoms with Crippen LogP contribution >= 0.6 is 0 Å². The van der Waals surface area contributed by atoms with Gasteiger partial charge in [-0.15, -0.1) is 0 Å². The molecule has 1 aliphatic rings. The van der Waals surface area contributed by atoms with Crippen LogP contribution in [-0.2, 0) is 0 Å². The highest BCUT2D eigenvalue weighted by Crippen LogP contribution is 2.35. The van der Waals surface area contributed by atoms with E-state index in [4.69, 9.17) is 0 Å². The first-order valence-corrected chi connectivity index (χ1v) is 8.19. The van der Waals surface area contributed by atoms with E-state index in [1.165, 1.54) is 0 Å². The smallest absolute Gasteiger partial charge is 0.138 e. The molecule has 0 unspecified atom stereocenters. The van der Waals surface area contributed by atoms with Gasteiger partial charge in [-0.1, -0.05) is 24.3 Å². The average molecular weight is 312 g/mol. The Hall–Kier alpha value is -2.36. The van der Waals surface area contributed by atoms with Crippen molar-refractivity contribution in [3.8, 4) is 11.5 Å². The molecule has 2 aromatic carbocycles. The highest BCUT2D eigenvalue weighted by Gasteiger charge is 2.30. The highest BCUT2D eigenvalue weighted by molar-refractivity contribution is 5.62. The highest BCUT2D eigenvalue weighted by atomic mass is 16.3. The van der Waals surface area contributed by atoms with Gasteiger partial charge in [-0.05, 0) is 44.5 Å². The molecule has 3 rings (SSSR count). The second kappa shape index (κ2) is 6.41. The zero-order valence-corrected chi connectivity index (χ0v) is 13.7. The molecule has 1 aliphatic heterocycles. The third kappa shape index (κ3) is 2.93. The maximum absolute atomic E-state index is 10.2. The molecular weight excluding hydrogens is 288 g/mol. The largest absolute Gasteiger partial charge is 0.506 e. The Labute approximate surface area is 137 Å². The second-order valence-corrected chi connectivity index (χ2v) is 6.20. The molecule has 0 saturated carbocycles. The van der Waals surface area contributed by atoms with Crippen molar-refractivity contribution in [2.24, 2.45) is 0 Å². The Balaban J connectivity index is 1.91. The van der Waals surface area contributed by atoms with E-state index < -0.39 is 0 Å². The molecular formula is C19H24N2O2. The lowest BCUT2D eigenvalue weighted by molar-refractivity contribution is 0.461. The molecule has 0 aliphatic carbocycles. The van der Waals surface area contributed by atoms with E-state index in [2.05, 4.69) is 23.6 Å². The van der Waals surface area contributed by atoms with Crippen LogP contribution in [0.1, 0.15) is 20.3 Å². The molecule has 0 spiro atoms. The predicted octanol–water partition coefficient (Wildman–Crippen LogP) is 3.59. The molecule has 2 N–H and O–H groups in total. The number of para-hydroxylation sites is 4. The summed E-state index contributed by atoms with van der Waals surface area (Å²) < 4.78 is 0. The Kier molecular flexibility index (Phi) is 4.33. The number of nitrogens with zero attached hydrogens (tertiary/aromatic N) is 2. The van der Waals surface area contributed by atoms with E-state index in [1.54, 1.807) is 12.1 Å². The standard InChI is InChI=1S/C19H24N2O2/c1-14-15(2)21(17-9-4-6-11-19(17)23)13-7-12-20(14)16-8-3-5-10-18(16)22/h3-6,8-11,14-15,22-23H,7,12-13H2,1-2H3/t14-,15-/m0/s1. The lowest BCUT2D eigenvalue weighted by Gasteiger charge is -2.37. The Morgan fingerprint density at radius 3 is 1.52 bits per heavy atom. The van der Waals surface area contributed by atoms with Crippen molar-refractivity contribution in [2.75, 3.05) is 22.9 Å². The molecule has 23 heavy (non-hydrogen) atoms. The van der Waals surface area contributed by atoms with E-state index in [-0.39, 0.29) is 12.1 Å². The third-order valence-corrected chi connectivity index (χ3v) is 4.86. The van der Waals surface area contributed by atoms with Crippen molar-refractivity contribution < 1.29 is 10.2 Å². The molecule has 0 radical (unpaired) electrons.